The lowest BCUT2D eigenvalue weighted by atomic mass is 10.1. The molecule has 0 bridgehead atoms. The molecule has 0 atom stereocenters. The Morgan fingerprint density at radius 2 is 1.59 bits per heavy atom. The molecule has 32 heavy (non-hydrogen) atoms. The van der Waals surface area contributed by atoms with Crippen molar-refractivity contribution in [2.75, 3.05) is 16.6 Å². The van der Waals surface area contributed by atoms with E-state index in [2.05, 4.69) is 10.0 Å². The van der Waals surface area contributed by atoms with Gasteiger partial charge in [0.1, 0.15) is 5.75 Å². The van der Waals surface area contributed by atoms with Gasteiger partial charge in [0.2, 0.25) is 0 Å². The van der Waals surface area contributed by atoms with Crippen LogP contribution in [-0.2, 0) is 14.8 Å². The molecule has 7 heteroatoms. The van der Waals surface area contributed by atoms with Crippen molar-refractivity contribution in [3.05, 3.63) is 96.6 Å². The standard InChI is InChI=1S/C25H22N2O4S/c1-18-16-21(32(29,30)27-20-10-3-2-4-11-20)14-15-24(18)31-17-25(28)26-23-13-7-9-19-8-5-6-12-22(19)23/h2-16,27H,17H2,1H3,(H,26,28). The fourth-order valence-electron chi connectivity index (χ4n) is 3.34. The number of nitrogens with one attached hydrogen (secondary N) is 2. The van der Waals surface area contributed by atoms with Crippen LogP contribution in [0.4, 0.5) is 11.4 Å². The third kappa shape index (κ3) is 4.90. The average molecular weight is 447 g/mol. The molecule has 162 valence electrons. The molecule has 0 aliphatic heterocycles. The fourth-order valence-corrected chi connectivity index (χ4v) is 4.48. The van der Waals surface area contributed by atoms with Gasteiger partial charge in [-0.3, -0.25) is 9.52 Å². The molecule has 0 saturated carbocycles. The third-order valence-corrected chi connectivity index (χ3v) is 6.28. The Balaban J connectivity index is 1.42. The second-order valence-corrected chi connectivity index (χ2v) is 8.94. The number of amides is 1. The maximum atomic E-state index is 12.6. The van der Waals surface area contributed by atoms with Crippen LogP contribution in [0, 0.1) is 6.92 Å². The van der Waals surface area contributed by atoms with Crippen molar-refractivity contribution in [1.82, 2.24) is 0 Å². The molecule has 4 rings (SSSR count). The van der Waals surface area contributed by atoms with Crippen LogP contribution in [0.1, 0.15) is 5.56 Å². The van der Waals surface area contributed by atoms with Gasteiger partial charge in [0, 0.05) is 16.8 Å². The van der Waals surface area contributed by atoms with Gasteiger partial charge in [-0.1, -0.05) is 54.6 Å². The number of anilines is 2. The Labute approximate surface area is 186 Å². The molecular formula is C25H22N2O4S. The minimum atomic E-state index is -3.73. The number of rotatable bonds is 7. The SMILES string of the molecule is Cc1cc(S(=O)(=O)Nc2ccccc2)ccc1OCC(=O)Nc1cccc2ccccc12. The van der Waals surface area contributed by atoms with E-state index in [0.29, 0.717) is 22.7 Å². The smallest absolute Gasteiger partial charge is 0.262 e. The van der Waals surface area contributed by atoms with E-state index in [-0.39, 0.29) is 17.4 Å². The van der Waals surface area contributed by atoms with Crippen LogP contribution in [0.3, 0.4) is 0 Å². The maximum absolute atomic E-state index is 12.6. The third-order valence-electron chi connectivity index (χ3n) is 4.91. The largest absolute Gasteiger partial charge is 0.483 e. The second kappa shape index (κ2) is 9.11. The summed E-state index contributed by atoms with van der Waals surface area (Å²) in [5, 5.41) is 4.84. The van der Waals surface area contributed by atoms with E-state index in [0.717, 1.165) is 10.8 Å². The van der Waals surface area contributed by atoms with Crippen LogP contribution < -0.4 is 14.8 Å². The van der Waals surface area contributed by atoms with Gasteiger partial charge in [-0.15, -0.1) is 0 Å². The maximum Gasteiger partial charge on any atom is 0.262 e. The van der Waals surface area contributed by atoms with Gasteiger partial charge in [-0.2, -0.15) is 0 Å². The molecular weight excluding hydrogens is 424 g/mol. The van der Waals surface area contributed by atoms with Gasteiger partial charge >= 0.3 is 0 Å². The number of aryl methyl sites for hydroxylation is 1. The molecule has 1 amide bonds. The molecule has 6 nitrogen and oxygen atoms in total. The van der Waals surface area contributed by atoms with E-state index in [1.165, 1.54) is 12.1 Å². The van der Waals surface area contributed by atoms with Crippen LogP contribution in [0.25, 0.3) is 10.8 Å². The zero-order valence-electron chi connectivity index (χ0n) is 17.4. The summed E-state index contributed by atoms with van der Waals surface area (Å²) in [6.45, 7) is 1.54. The van der Waals surface area contributed by atoms with Crippen molar-refractivity contribution in [2.45, 2.75) is 11.8 Å². The number of carbonyl (C=O) groups is 1. The number of para-hydroxylation sites is 1. The molecule has 0 heterocycles. The van der Waals surface area contributed by atoms with E-state index in [1.54, 1.807) is 37.3 Å². The van der Waals surface area contributed by atoms with Crippen LogP contribution in [0.5, 0.6) is 5.75 Å². The van der Waals surface area contributed by atoms with Crippen molar-refractivity contribution in [3.63, 3.8) is 0 Å². The molecule has 0 aromatic heterocycles. The number of ether oxygens (including phenoxy) is 1. The van der Waals surface area contributed by atoms with Crippen LogP contribution in [0.15, 0.2) is 95.9 Å². The zero-order valence-corrected chi connectivity index (χ0v) is 18.2. The molecule has 4 aromatic rings. The van der Waals surface area contributed by atoms with Crippen LogP contribution in [-0.4, -0.2) is 20.9 Å². The first-order valence-corrected chi connectivity index (χ1v) is 11.5. The van der Waals surface area contributed by atoms with Crippen LogP contribution in [0.2, 0.25) is 0 Å². The number of sulfonamides is 1. The minimum Gasteiger partial charge on any atom is -0.483 e. The molecule has 0 aliphatic carbocycles. The number of benzene rings is 4. The van der Waals surface area contributed by atoms with Gasteiger partial charge in [-0.05, 0) is 54.3 Å². The lowest BCUT2D eigenvalue weighted by molar-refractivity contribution is -0.118. The Morgan fingerprint density at radius 1 is 0.875 bits per heavy atom. The summed E-state index contributed by atoms with van der Waals surface area (Å²) in [5.74, 6) is 0.139. The monoisotopic (exact) mass is 446 g/mol. The highest BCUT2D eigenvalue weighted by Gasteiger charge is 2.16. The molecule has 0 saturated heterocycles. The summed E-state index contributed by atoms with van der Waals surface area (Å²) >= 11 is 0. The molecule has 0 aliphatic rings. The van der Waals surface area contributed by atoms with Crippen molar-refractivity contribution in [3.8, 4) is 5.75 Å². The summed E-state index contributed by atoms with van der Waals surface area (Å²) in [4.78, 5) is 12.5. The lowest BCUT2D eigenvalue weighted by Gasteiger charge is -2.13. The molecule has 2 N–H and O–H groups in total. The van der Waals surface area contributed by atoms with E-state index >= 15 is 0 Å². The van der Waals surface area contributed by atoms with Crippen molar-refractivity contribution >= 4 is 38.1 Å². The highest BCUT2D eigenvalue weighted by Crippen LogP contribution is 2.25. The number of hydrogen-bond donors (Lipinski definition) is 2. The number of hydrogen-bond acceptors (Lipinski definition) is 4. The predicted octanol–water partition coefficient (Wildman–Crippen LogP) is 4.97. The lowest BCUT2D eigenvalue weighted by Crippen LogP contribution is -2.20. The molecule has 0 fully saturated rings. The topological polar surface area (TPSA) is 84.5 Å². The summed E-state index contributed by atoms with van der Waals surface area (Å²) in [5.41, 5.74) is 1.80. The molecule has 0 radical (unpaired) electrons. The molecule has 0 spiro atoms. The summed E-state index contributed by atoms with van der Waals surface area (Å²) in [7, 11) is -3.73. The summed E-state index contributed by atoms with van der Waals surface area (Å²) in [6.07, 6.45) is 0. The fraction of sp³-hybridized carbons (Fsp3) is 0.0800. The van der Waals surface area contributed by atoms with Gasteiger partial charge < -0.3 is 10.1 Å². The van der Waals surface area contributed by atoms with Crippen molar-refractivity contribution in [1.29, 1.82) is 0 Å². The number of carbonyl (C=O) groups excluding carboxylic acids is 1. The van der Waals surface area contributed by atoms with E-state index in [4.69, 9.17) is 4.74 Å². The van der Waals surface area contributed by atoms with E-state index in [1.807, 2.05) is 48.5 Å². The first-order chi connectivity index (χ1) is 15.4. The average Bonchev–Trinajstić information content (AvgIpc) is 2.79. The quantitative estimate of drug-likeness (QED) is 0.420. The number of fused-ring (bicyclic) bond motifs is 1. The normalized spacial score (nSPS) is 11.2. The Morgan fingerprint density at radius 3 is 2.38 bits per heavy atom. The Kier molecular flexibility index (Phi) is 6.09. The van der Waals surface area contributed by atoms with Gasteiger partial charge in [-0.25, -0.2) is 8.42 Å². The summed E-state index contributed by atoms with van der Waals surface area (Å²) in [6, 6.07) is 26.7. The van der Waals surface area contributed by atoms with Gasteiger partial charge in [0.25, 0.3) is 15.9 Å². The van der Waals surface area contributed by atoms with Crippen molar-refractivity contribution in [2.24, 2.45) is 0 Å². The van der Waals surface area contributed by atoms with E-state index < -0.39 is 10.0 Å². The minimum absolute atomic E-state index is 0.117. The molecule has 0 unspecified atom stereocenters. The Bertz CT molecular complexity index is 1360. The highest BCUT2D eigenvalue weighted by atomic mass is 32.2. The summed E-state index contributed by atoms with van der Waals surface area (Å²) < 4.78 is 33.4. The van der Waals surface area contributed by atoms with Crippen molar-refractivity contribution < 1.29 is 17.9 Å². The van der Waals surface area contributed by atoms with Gasteiger partial charge in [0.15, 0.2) is 6.61 Å². The molecule has 4 aromatic carbocycles. The second-order valence-electron chi connectivity index (χ2n) is 7.26. The van der Waals surface area contributed by atoms with E-state index in [9.17, 15) is 13.2 Å². The van der Waals surface area contributed by atoms with Crippen LogP contribution >= 0.6 is 0 Å². The first-order valence-electron chi connectivity index (χ1n) is 10.0. The first kappa shape index (κ1) is 21.4. The highest BCUT2D eigenvalue weighted by molar-refractivity contribution is 7.92. The van der Waals surface area contributed by atoms with Gasteiger partial charge in [0.05, 0.1) is 4.90 Å². The zero-order chi connectivity index (χ0) is 22.6. The predicted molar refractivity (Wildman–Crippen MR) is 127 cm³/mol. The Hall–Kier alpha value is -3.84.